The van der Waals surface area contributed by atoms with E-state index in [-0.39, 0.29) is 0 Å². The van der Waals surface area contributed by atoms with E-state index in [2.05, 4.69) is 0 Å². The van der Waals surface area contributed by atoms with E-state index in [4.69, 9.17) is 5.11 Å². The Morgan fingerprint density at radius 1 is 1.38 bits per heavy atom. The van der Waals surface area contributed by atoms with Gasteiger partial charge in [-0.2, -0.15) is 0 Å². The van der Waals surface area contributed by atoms with Gasteiger partial charge in [-0.25, -0.2) is 0 Å². The molecule has 13 heavy (non-hydrogen) atoms. The molecule has 0 atom stereocenters. The van der Waals surface area contributed by atoms with E-state index in [0.29, 0.717) is 18.3 Å². The predicted molar refractivity (Wildman–Crippen MR) is 51.7 cm³/mol. The fourth-order valence-electron chi connectivity index (χ4n) is 1.06. The Labute approximate surface area is 77.5 Å². The zero-order chi connectivity index (χ0) is 9.68. The van der Waals surface area contributed by atoms with Crippen LogP contribution in [-0.4, -0.2) is 11.4 Å². The Hall–Kier alpha value is -1.57. The lowest BCUT2D eigenvalue weighted by Gasteiger charge is -1.99. The van der Waals surface area contributed by atoms with Crippen molar-refractivity contribution in [3.05, 3.63) is 47.2 Å². The van der Waals surface area contributed by atoms with Crippen molar-refractivity contribution in [2.45, 2.75) is 13.3 Å². The van der Waals surface area contributed by atoms with Gasteiger partial charge in [0.1, 0.15) is 6.29 Å². The van der Waals surface area contributed by atoms with Crippen molar-refractivity contribution in [3.63, 3.8) is 0 Å². The molecular formula is C11H12O2. The number of hydrogen-bond acceptors (Lipinski definition) is 2. The van der Waals surface area contributed by atoms with Crippen LogP contribution in [0, 0.1) is 6.92 Å². The summed E-state index contributed by atoms with van der Waals surface area (Å²) in [5.41, 5.74) is 2.60. The highest BCUT2D eigenvalue weighted by Gasteiger charge is 1.97. The Morgan fingerprint density at radius 2 is 2.00 bits per heavy atom. The van der Waals surface area contributed by atoms with Crippen LogP contribution in [0.4, 0.5) is 0 Å². The van der Waals surface area contributed by atoms with E-state index >= 15 is 0 Å². The maximum absolute atomic E-state index is 10.4. The van der Waals surface area contributed by atoms with Crippen molar-refractivity contribution in [1.82, 2.24) is 0 Å². The van der Waals surface area contributed by atoms with Crippen LogP contribution in [0.15, 0.2) is 36.1 Å². The summed E-state index contributed by atoms with van der Waals surface area (Å²) in [5, 5.41) is 8.65. The molecule has 1 aromatic carbocycles. The van der Waals surface area contributed by atoms with Gasteiger partial charge in [0.25, 0.3) is 0 Å². The van der Waals surface area contributed by atoms with Crippen molar-refractivity contribution in [1.29, 1.82) is 0 Å². The first-order chi connectivity index (χ1) is 6.26. The van der Waals surface area contributed by atoms with Gasteiger partial charge >= 0.3 is 0 Å². The van der Waals surface area contributed by atoms with Gasteiger partial charge in [0.05, 0.1) is 6.26 Å². The number of aliphatic hydroxyl groups is 1. The molecule has 0 bridgehead atoms. The number of aryl methyl sites for hydroxylation is 1. The van der Waals surface area contributed by atoms with Crippen molar-refractivity contribution in [3.8, 4) is 0 Å². The maximum atomic E-state index is 10.4. The smallest absolute Gasteiger partial charge is 0.149 e. The number of aliphatic hydroxyl groups excluding tert-OH is 1. The van der Waals surface area contributed by atoms with Crippen molar-refractivity contribution in [2.24, 2.45) is 0 Å². The molecule has 0 radical (unpaired) electrons. The second-order valence-electron chi connectivity index (χ2n) is 2.98. The lowest BCUT2D eigenvalue weighted by atomic mass is 10.1. The molecule has 0 aliphatic carbocycles. The van der Waals surface area contributed by atoms with Gasteiger partial charge in [-0.1, -0.05) is 29.8 Å². The molecule has 68 valence electrons. The molecule has 0 saturated heterocycles. The first kappa shape index (κ1) is 9.52. The third-order valence-electron chi connectivity index (χ3n) is 1.85. The molecule has 0 heterocycles. The summed E-state index contributed by atoms with van der Waals surface area (Å²) in [5.74, 6) is 0. The van der Waals surface area contributed by atoms with Gasteiger partial charge in [0.2, 0.25) is 0 Å². The van der Waals surface area contributed by atoms with Crippen LogP contribution in [0.25, 0.3) is 0 Å². The van der Waals surface area contributed by atoms with E-state index in [1.165, 1.54) is 5.56 Å². The van der Waals surface area contributed by atoms with E-state index < -0.39 is 0 Å². The minimum atomic E-state index is 0.392. The second kappa shape index (κ2) is 4.45. The Kier molecular flexibility index (Phi) is 3.26. The molecular weight excluding hydrogens is 164 g/mol. The summed E-state index contributed by atoms with van der Waals surface area (Å²) in [6.45, 7) is 2.01. The van der Waals surface area contributed by atoms with Crippen molar-refractivity contribution >= 4 is 6.29 Å². The Morgan fingerprint density at radius 3 is 2.46 bits per heavy atom. The molecule has 0 saturated carbocycles. The molecule has 0 amide bonds. The van der Waals surface area contributed by atoms with E-state index in [1.54, 1.807) is 0 Å². The number of allylic oxidation sites excluding steroid dienone is 1. The highest BCUT2D eigenvalue weighted by Crippen LogP contribution is 2.07. The van der Waals surface area contributed by atoms with E-state index in [0.717, 1.165) is 11.8 Å². The van der Waals surface area contributed by atoms with Crippen LogP contribution in [0.5, 0.6) is 0 Å². The van der Waals surface area contributed by atoms with E-state index in [1.807, 2.05) is 31.2 Å². The summed E-state index contributed by atoms with van der Waals surface area (Å²) < 4.78 is 0. The van der Waals surface area contributed by atoms with Crippen LogP contribution < -0.4 is 0 Å². The third kappa shape index (κ3) is 2.75. The van der Waals surface area contributed by atoms with Crippen LogP contribution in [0.3, 0.4) is 0 Å². The number of rotatable bonds is 3. The normalized spacial score (nSPS) is 11.3. The largest absolute Gasteiger partial charge is 0.515 e. The van der Waals surface area contributed by atoms with Gasteiger partial charge in [-0.05, 0) is 12.5 Å². The van der Waals surface area contributed by atoms with Crippen molar-refractivity contribution in [2.75, 3.05) is 0 Å². The Balaban J connectivity index is 2.74. The number of carbonyl (C=O) groups excluding carboxylic acids is 1. The van der Waals surface area contributed by atoms with E-state index in [9.17, 15) is 4.79 Å². The maximum Gasteiger partial charge on any atom is 0.149 e. The van der Waals surface area contributed by atoms with Gasteiger partial charge in [0.15, 0.2) is 0 Å². The van der Waals surface area contributed by atoms with Crippen LogP contribution in [-0.2, 0) is 11.2 Å². The zero-order valence-electron chi connectivity index (χ0n) is 7.53. The lowest BCUT2D eigenvalue weighted by molar-refractivity contribution is -0.105. The van der Waals surface area contributed by atoms with Crippen LogP contribution in [0.1, 0.15) is 11.1 Å². The number of benzene rings is 1. The first-order valence-electron chi connectivity index (χ1n) is 4.10. The quantitative estimate of drug-likeness (QED) is 0.435. The number of carbonyl (C=O) groups is 1. The van der Waals surface area contributed by atoms with Crippen LogP contribution >= 0.6 is 0 Å². The molecule has 0 aliphatic rings. The third-order valence-corrected chi connectivity index (χ3v) is 1.85. The summed E-state index contributed by atoms with van der Waals surface area (Å²) >= 11 is 0. The topological polar surface area (TPSA) is 37.3 Å². The monoisotopic (exact) mass is 176 g/mol. The van der Waals surface area contributed by atoms with Gasteiger partial charge in [-0.3, -0.25) is 4.79 Å². The summed E-state index contributed by atoms with van der Waals surface area (Å²) in [7, 11) is 0. The van der Waals surface area contributed by atoms with Crippen molar-refractivity contribution < 1.29 is 9.90 Å². The molecule has 2 nitrogen and oxygen atoms in total. The van der Waals surface area contributed by atoms with Gasteiger partial charge in [0, 0.05) is 12.0 Å². The van der Waals surface area contributed by atoms with Gasteiger partial charge in [-0.15, -0.1) is 0 Å². The average Bonchev–Trinajstić information content (AvgIpc) is 2.17. The highest BCUT2D eigenvalue weighted by molar-refractivity contribution is 5.73. The summed E-state index contributed by atoms with van der Waals surface area (Å²) in [6, 6.07) is 7.86. The first-order valence-corrected chi connectivity index (χ1v) is 4.10. The van der Waals surface area contributed by atoms with Gasteiger partial charge < -0.3 is 5.11 Å². The molecule has 0 spiro atoms. The molecule has 1 N–H and O–H groups in total. The fourth-order valence-corrected chi connectivity index (χ4v) is 1.06. The highest BCUT2D eigenvalue weighted by atomic mass is 16.2. The lowest BCUT2D eigenvalue weighted by Crippen LogP contribution is -1.91. The average molecular weight is 176 g/mol. The Bertz CT molecular complexity index is 309. The molecule has 0 aliphatic heterocycles. The predicted octanol–water partition coefficient (Wildman–Crippen LogP) is 2.18. The minimum absolute atomic E-state index is 0.392. The van der Waals surface area contributed by atoms with Crippen LogP contribution in [0.2, 0.25) is 0 Å². The SMILES string of the molecule is Cc1ccc(C/C(C=O)=C\O)cc1. The minimum Gasteiger partial charge on any atom is -0.515 e. The fraction of sp³-hybridized carbons (Fsp3) is 0.182. The molecule has 0 fully saturated rings. The molecule has 2 heteroatoms. The zero-order valence-corrected chi connectivity index (χ0v) is 7.53. The molecule has 1 rings (SSSR count). The second-order valence-corrected chi connectivity index (χ2v) is 2.98. The summed E-state index contributed by atoms with van der Waals surface area (Å²) in [4.78, 5) is 10.4. The molecule has 1 aromatic rings. The number of hydrogen-bond donors (Lipinski definition) is 1. The standard InChI is InChI=1S/C11H12O2/c1-9-2-4-10(5-3-9)6-11(7-12)8-13/h2-5,7-8,12H,6H2,1H3/b11-7+. The molecule has 0 unspecified atom stereocenters. The summed E-state index contributed by atoms with van der Waals surface area (Å²) in [6.07, 6.45) is 2.01. The molecule has 0 aromatic heterocycles. The number of aldehydes is 1.